The topological polar surface area (TPSA) is 49.8 Å². The van der Waals surface area contributed by atoms with Gasteiger partial charge in [0, 0.05) is 18.7 Å². The zero-order chi connectivity index (χ0) is 20.9. The summed E-state index contributed by atoms with van der Waals surface area (Å²) in [5, 5.41) is 0. The molecule has 6 heteroatoms. The molecule has 1 aromatic rings. The Morgan fingerprint density at radius 2 is 1.95 bits per heavy atom. The monoisotopic (exact) mass is 286 g/mol. The van der Waals surface area contributed by atoms with Crippen molar-refractivity contribution in [3.8, 4) is 5.75 Å². The number of hydrogen-bond acceptors (Lipinski definition) is 5. The van der Waals surface area contributed by atoms with Crippen molar-refractivity contribution in [3.05, 3.63) is 18.5 Å². The molecule has 0 aliphatic carbocycles. The fourth-order valence-electron chi connectivity index (χ4n) is 1.70. The third kappa shape index (κ3) is 3.14. The first kappa shape index (κ1) is 8.36. The first-order valence-electron chi connectivity index (χ1n) is 9.66. The molecule has 1 aliphatic heterocycles. The summed E-state index contributed by atoms with van der Waals surface area (Å²) >= 11 is 0. The molecular weight excluding hydrogens is 257 g/mol. The van der Waals surface area contributed by atoms with Gasteiger partial charge in [0.05, 0.1) is 33.6 Å². The fourth-order valence-corrected chi connectivity index (χ4v) is 1.70. The summed E-state index contributed by atoms with van der Waals surface area (Å²) in [5.74, 6) is -0.134. The second-order valence-electron chi connectivity index (χ2n) is 5.45. The van der Waals surface area contributed by atoms with E-state index in [1.165, 1.54) is 12.3 Å². The van der Waals surface area contributed by atoms with Crippen molar-refractivity contribution in [2.45, 2.75) is 38.9 Å². The lowest BCUT2D eigenvalue weighted by atomic mass is 9.80. The summed E-state index contributed by atoms with van der Waals surface area (Å²) in [6.45, 7) is 1.16. The zero-order valence-corrected chi connectivity index (χ0v) is 11.9. The molecule has 5 nitrogen and oxygen atoms in total. The molecule has 2 heterocycles. The molecule has 1 aromatic heterocycles. The van der Waals surface area contributed by atoms with Crippen LogP contribution < -0.4 is 10.2 Å². The van der Waals surface area contributed by atoms with E-state index in [2.05, 4.69) is 9.72 Å². The van der Waals surface area contributed by atoms with Gasteiger partial charge in [0.15, 0.2) is 0 Å². The molecule has 0 radical (unpaired) electrons. The van der Waals surface area contributed by atoms with Crippen molar-refractivity contribution in [1.82, 2.24) is 4.98 Å². The van der Waals surface area contributed by atoms with Crippen molar-refractivity contribution in [3.63, 3.8) is 0 Å². The third-order valence-corrected chi connectivity index (χ3v) is 3.52. The maximum absolute atomic E-state index is 7.76. The summed E-state index contributed by atoms with van der Waals surface area (Å²) in [4.78, 5) is 3.94. The van der Waals surface area contributed by atoms with E-state index in [1.807, 2.05) is 27.7 Å². The lowest BCUT2D eigenvalue weighted by molar-refractivity contribution is 0.00578. The van der Waals surface area contributed by atoms with Crippen LogP contribution in [0.4, 0.5) is 0 Å². The quantitative estimate of drug-likeness (QED) is 0.766. The van der Waals surface area contributed by atoms with Gasteiger partial charge in [-0.3, -0.25) is 4.98 Å². The molecule has 2 rings (SSSR count). The summed E-state index contributed by atoms with van der Waals surface area (Å²) in [7, 11) is -3.91. The Bertz CT molecular complexity index is 680. The standard InChI is InChI=1S/C14H22BNO4/c1-13(2)14(3,4)20-15(19-13)11-8-12(10-16-9-11)18-7-6-17-5/h8-10H,6-7H2,1-5H3/i5D3,6D2,7D2. The summed E-state index contributed by atoms with van der Waals surface area (Å²) in [6.07, 6.45) is 2.62. The van der Waals surface area contributed by atoms with Gasteiger partial charge in [-0.05, 0) is 33.8 Å². The van der Waals surface area contributed by atoms with Crippen LogP contribution in [0.1, 0.15) is 37.3 Å². The summed E-state index contributed by atoms with van der Waals surface area (Å²) in [5.41, 5.74) is -0.734. The third-order valence-electron chi connectivity index (χ3n) is 3.52. The van der Waals surface area contributed by atoms with Gasteiger partial charge >= 0.3 is 7.12 Å². The van der Waals surface area contributed by atoms with Crippen molar-refractivity contribution in [2.75, 3.05) is 20.2 Å². The highest BCUT2D eigenvalue weighted by atomic mass is 16.7. The average Bonchev–Trinajstić information content (AvgIpc) is 2.64. The maximum Gasteiger partial charge on any atom is 0.496 e. The zero-order valence-electron chi connectivity index (χ0n) is 18.9. The molecule has 0 N–H and O–H groups in total. The lowest BCUT2D eigenvalue weighted by Crippen LogP contribution is -2.41. The van der Waals surface area contributed by atoms with Crippen LogP contribution in [0.5, 0.6) is 5.75 Å². The van der Waals surface area contributed by atoms with Crippen molar-refractivity contribution < 1.29 is 28.4 Å². The molecule has 0 amide bonds. The predicted molar refractivity (Wildman–Crippen MR) is 77.3 cm³/mol. The van der Waals surface area contributed by atoms with E-state index in [0.29, 0.717) is 5.46 Å². The highest BCUT2D eigenvalue weighted by Gasteiger charge is 2.51. The van der Waals surface area contributed by atoms with Gasteiger partial charge in [-0.15, -0.1) is 0 Å². The highest BCUT2D eigenvalue weighted by Crippen LogP contribution is 2.36. The molecular formula is C14H22BNO4. The molecule has 20 heavy (non-hydrogen) atoms. The molecule has 0 aromatic carbocycles. The van der Waals surface area contributed by atoms with Crippen LogP contribution in [0, 0.1) is 0 Å². The molecule has 1 saturated heterocycles. The van der Waals surface area contributed by atoms with Gasteiger partial charge in [-0.2, -0.15) is 0 Å². The van der Waals surface area contributed by atoms with E-state index < -0.39 is 38.5 Å². The van der Waals surface area contributed by atoms with Crippen molar-refractivity contribution >= 4 is 12.6 Å². The smallest absolute Gasteiger partial charge is 0.490 e. The SMILES string of the molecule is [2H]C([2H])([2H])OC([2H])([2H])C([2H])([2H])Oc1cncc(B2OC(C)(C)C(C)(C)O2)c1. The molecule has 0 spiro atoms. The van der Waals surface area contributed by atoms with Crippen LogP contribution in [0.25, 0.3) is 0 Å². The first-order valence-corrected chi connectivity index (χ1v) is 6.16. The lowest BCUT2D eigenvalue weighted by Gasteiger charge is -2.32. The summed E-state index contributed by atoms with van der Waals surface area (Å²) < 4.78 is 72.6. The molecule has 0 unspecified atom stereocenters. The van der Waals surface area contributed by atoms with E-state index in [1.54, 1.807) is 0 Å². The number of methoxy groups -OCH3 is 1. The second-order valence-corrected chi connectivity index (χ2v) is 5.45. The van der Waals surface area contributed by atoms with Crippen LogP contribution in [0.3, 0.4) is 0 Å². The molecule has 0 atom stereocenters. The van der Waals surface area contributed by atoms with Crippen molar-refractivity contribution in [2.24, 2.45) is 0 Å². The van der Waals surface area contributed by atoms with Crippen LogP contribution in [-0.2, 0) is 14.0 Å². The van der Waals surface area contributed by atoms with E-state index >= 15 is 0 Å². The van der Waals surface area contributed by atoms with Gasteiger partial charge in [-0.1, -0.05) is 0 Å². The van der Waals surface area contributed by atoms with Crippen LogP contribution in [0.2, 0.25) is 0 Å². The molecule has 0 bridgehead atoms. The van der Waals surface area contributed by atoms with E-state index in [-0.39, 0.29) is 5.75 Å². The van der Waals surface area contributed by atoms with Gasteiger partial charge in [-0.25, -0.2) is 0 Å². The summed E-state index contributed by atoms with van der Waals surface area (Å²) in [6, 6.07) is 1.39. The Labute approximate surface area is 130 Å². The molecule has 1 fully saturated rings. The Hall–Kier alpha value is -1.11. The molecule has 0 saturated carbocycles. The Morgan fingerprint density at radius 1 is 1.25 bits per heavy atom. The van der Waals surface area contributed by atoms with Gasteiger partial charge < -0.3 is 18.8 Å². The van der Waals surface area contributed by atoms with Gasteiger partial charge in [0.2, 0.25) is 0 Å². The minimum absolute atomic E-state index is 0.134. The number of nitrogens with zero attached hydrogens (tertiary/aromatic N) is 1. The fraction of sp³-hybridized carbons (Fsp3) is 0.643. The van der Waals surface area contributed by atoms with Crippen LogP contribution in [0.15, 0.2) is 18.5 Å². The number of hydrogen-bond donors (Lipinski definition) is 0. The molecule has 110 valence electrons. The molecule has 1 aliphatic rings. The van der Waals surface area contributed by atoms with E-state index in [9.17, 15) is 0 Å². The average molecular weight is 286 g/mol. The van der Waals surface area contributed by atoms with Gasteiger partial charge in [0.1, 0.15) is 12.3 Å². The van der Waals surface area contributed by atoms with Gasteiger partial charge in [0.25, 0.3) is 0 Å². The number of ether oxygens (including phenoxy) is 2. The highest BCUT2D eigenvalue weighted by molar-refractivity contribution is 6.62. The maximum atomic E-state index is 7.76. The predicted octanol–water partition coefficient (Wildman–Crippen LogP) is 1.41. The Kier molecular flexibility index (Phi) is 2.39. The first-order chi connectivity index (χ1) is 12.0. The van der Waals surface area contributed by atoms with Crippen LogP contribution in [-0.4, -0.2) is 43.5 Å². The van der Waals surface area contributed by atoms with E-state index in [0.717, 1.165) is 6.20 Å². The Morgan fingerprint density at radius 3 is 2.60 bits per heavy atom. The normalized spacial score (nSPS) is 27.4. The Balaban J connectivity index is 2.21. The minimum Gasteiger partial charge on any atom is -0.490 e. The number of pyridine rings is 1. The second kappa shape index (κ2) is 5.72. The van der Waals surface area contributed by atoms with Crippen LogP contribution >= 0.6 is 0 Å². The number of aromatic nitrogens is 1. The van der Waals surface area contributed by atoms with E-state index in [4.69, 9.17) is 23.6 Å². The largest absolute Gasteiger partial charge is 0.496 e. The minimum atomic E-state index is -3.24. The van der Waals surface area contributed by atoms with Crippen molar-refractivity contribution in [1.29, 1.82) is 0 Å². The number of rotatable bonds is 5.